The van der Waals surface area contributed by atoms with Gasteiger partial charge in [-0.3, -0.25) is 4.79 Å². The van der Waals surface area contributed by atoms with E-state index in [0.717, 1.165) is 31.5 Å². The zero-order chi connectivity index (χ0) is 20.8. The number of nitrogens with zero attached hydrogens (tertiary/aromatic N) is 4. The van der Waals surface area contributed by atoms with Gasteiger partial charge in [0.2, 0.25) is 5.95 Å². The summed E-state index contributed by atoms with van der Waals surface area (Å²) in [6.07, 6.45) is 4.83. The molecule has 1 aliphatic rings. The predicted molar refractivity (Wildman–Crippen MR) is 115 cm³/mol. The van der Waals surface area contributed by atoms with E-state index < -0.39 is 5.91 Å². The second kappa shape index (κ2) is 9.26. The lowest BCUT2D eigenvalue weighted by Crippen LogP contribution is -2.32. The van der Waals surface area contributed by atoms with Crippen molar-refractivity contribution in [3.05, 3.63) is 77.7 Å². The molecule has 0 unspecified atom stereocenters. The summed E-state index contributed by atoms with van der Waals surface area (Å²) >= 11 is 0. The molecule has 0 aliphatic carbocycles. The van der Waals surface area contributed by atoms with Gasteiger partial charge in [-0.05, 0) is 43.0 Å². The van der Waals surface area contributed by atoms with Crippen LogP contribution in [0.1, 0.15) is 35.3 Å². The molecule has 4 rings (SSSR count). The first-order chi connectivity index (χ1) is 14.7. The van der Waals surface area contributed by atoms with Crippen LogP contribution in [0.3, 0.4) is 0 Å². The molecule has 0 saturated carbocycles. The molecule has 2 heterocycles. The minimum absolute atomic E-state index is 0.251. The average Bonchev–Trinajstić information content (AvgIpc) is 2.81. The fourth-order valence-electron chi connectivity index (χ4n) is 3.31. The van der Waals surface area contributed by atoms with Crippen LogP contribution in [-0.2, 0) is 0 Å². The third-order valence-electron chi connectivity index (χ3n) is 4.91. The number of anilines is 1. The van der Waals surface area contributed by atoms with Crippen LogP contribution in [0.5, 0.6) is 0 Å². The summed E-state index contributed by atoms with van der Waals surface area (Å²) in [6, 6.07) is 17.2. The van der Waals surface area contributed by atoms with Gasteiger partial charge < -0.3 is 4.90 Å². The molecular formula is C23H22FN5O. The molecule has 1 saturated heterocycles. The van der Waals surface area contributed by atoms with Crippen molar-refractivity contribution in [3.8, 4) is 11.3 Å². The van der Waals surface area contributed by atoms with E-state index in [9.17, 15) is 9.18 Å². The van der Waals surface area contributed by atoms with Crippen LogP contribution < -0.4 is 10.3 Å². The van der Waals surface area contributed by atoms with E-state index in [1.165, 1.54) is 24.8 Å². The second-order valence-electron chi connectivity index (χ2n) is 7.10. The summed E-state index contributed by atoms with van der Waals surface area (Å²) < 4.78 is 13.0. The third kappa shape index (κ3) is 4.86. The molecule has 1 N–H and O–H groups in total. The van der Waals surface area contributed by atoms with Crippen molar-refractivity contribution < 1.29 is 9.18 Å². The van der Waals surface area contributed by atoms with E-state index >= 15 is 0 Å². The van der Waals surface area contributed by atoms with Crippen molar-refractivity contribution in [2.75, 3.05) is 18.0 Å². The van der Waals surface area contributed by atoms with Crippen LogP contribution >= 0.6 is 0 Å². The Labute approximate surface area is 174 Å². The number of rotatable bonds is 5. The van der Waals surface area contributed by atoms with Crippen LogP contribution in [-0.4, -0.2) is 35.2 Å². The van der Waals surface area contributed by atoms with Crippen LogP contribution in [0.25, 0.3) is 11.3 Å². The number of halogens is 1. The lowest BCUT2D eigenvalue weighted by molar-refractivity contribution is 0.0950. The third-order valence-corrected chi connectivity index (χ3v) is 4.91. The van der Waals surface area contributed by atoms with Crippen LogP contribution in [0.4, 0.5) is 10.3 Å². The fraction of sp³-hybridized carbons (Fsp3) is 0.217. The van der Waals surface area contributed by atoms with Crippen molar-refractivity contribution in [2.24, 2.45) is 5.10 Å². The fourth-order valence-corrected chi connectivity index (χ4v) is 3.31. The number of hydrogen-bond donors (Lipinski definition) is 1. The number of benzene rings is 2. The van der Waals surface area contributed by atoms with E-state index in [0.29, 0.717) is 17.2 Å². The Bertz CT molecular complexity index is 1030. The number of carbonyl (C=O) groups is 1. The Hall–Kier alpha value is -3.61. The average molecular weight is 403 g/mol. The highest BCUT2D eigenvalue weighted by atomic mass is 19.1. The topological polar surface area (TPSA) is 70.5 Å². The number of piperidine rings is 1. The predicted octanol–water partition coefficient (Wildman–Crippen LogP) is 4.04. The van der Waals surface area contributed by atoms with Gasteiger partial charge in [-0.15, -0.1) is 0 Å². The molecule has 0 bridgehead atoms. The Morgan fingerprint density at radius 3 is 2.47 bits per heavy atom. The lowest BCUT2D eigenvalue weighted by atomic mass is 10.1. The lowest BCUT2D eigenvalue weighted by Gasteiger charge is -2.27. The Balaban J connectivity index is 1.58. The zero-order valence-electron chi connectivity index (χ0n) is 16.5. The first kappa shape index (κ1) is 19.7. The standard InChI is InChI=1S/C23H22FN5O/c24-19-11-9-17(10-12-19)16-25-28-22(30)21-15-20(18-7-3-1-4-8-18)26-23(27-21)29-13-5-2-6-14-29/h1,3-4,7-12,15-16H,2,5-6,13-14H2,(H,28,30)/b25-16+. The summed E-state index contributed by atoms with van der Waals surface area (Å²) in [6.45, 7) is 1.75. The number of hydrogen-bond acceptors (Lipinski definition) is 5. The van der Waals surface area contributed by atoms with Gasteiger partial charge in [0.05, 0.1) is 11.9 Å². The monoisotopic (exact) mass is 403 g/mol. The van der Waals surface area contributed by atoms with Gasteiger partial charge >= 0.3 is 0 Å². The van der Waals surface area contributed by atoms with Crippen molar-refractivity contribution in [1.29, 1.82) is 0 Å². The molecule has 0 spiro atoms. The quantitative estimate of drug-likeness (QED) is 0.516. The largest absolute Gasteiger partial charge is 0.341 e. The van der Waals surface area contributed by atoms with E-state index in [2.05, 4.69) is 20.4 Å². The van der Waals surface area contributed by atoms with Crippen LogP contribution in [0.15, 0.2) is 65.8 Å². The molecule has 1 aliphatic heterocycles. The maximum absolute atomic E-state index is 13.0. The Morgan fingerprint density at radius 1 is 1.00 bits per heavy atom. The first-order valence-corrected chi connectivity index (χ1v) is 9.97. The van der Waals surface area contributed by atoms with E-state index in [1.807, 2.05) is 30.3 Å². The van der Waals surface area contributed by atoms with Gasteiger partial charge in [-0.1, -0.05) is 42.5 Å². The van der Waals surface area contributed by atoms with Gasteiger partial charge in [0.1, 0.15) is 11.5 Å². The molecule has 3 aromatic rings. The van der Waals surface area contributed by atoms with Crippen LogP contribution in [0.2, 0.25) is 0 Å². The van der Waals surface area contributed by atoms with E-state index in [-0.39, 0.29) is 11.5 Å². The summed E-state index contributed by atoms with van der Waals surface area (Å²) in [5.41, 5.74) is 5.04. The molecular weight excluding hydrogens is 381 g/mol. The molecule has 1 fully saturated rings. The molecule has 2 aromatic carbocycles. The molecule has 1 amide bonds. The highest BCUT2D eigenvalue weighted by Gasteiger charge is 2.18. The second-order valence-corrected chi connectivity index (χ2v) is 7.10. The van der Waals surface area contributed by atoms with E-state index in [1.54, 1.807) is 18.2 Å². The number of carbonyl (C=O) groups excluding carboxylic acids is 1. The van der Waals surface area contributed by atoms with Crippen molar-refractivity contribution >= 4 is 18.1 Å². The smallest absolute Gasteiger partial charge is 0.290 e. The normalized spacial score (nSPS) is 14.1. The molecule has 1 aromatic heterocycles. The highest BCUT2D eigenvalue weighted by molar-refractivity contribution is 5.94. The van der Waals surface area contributed by atoms with Crippen molar-refractivity contribution in [2.45, 2.75) is 19.3 Å². The Kier molecular flexibility index (Phi) is 6.08. The zero-order valence-corrected chi connectivity index (χ0v) is 16.5. The number of aromatic nitrogens is 2. The molecule has 7 heteroatoms. The maximum atomic E-state index is 13.0. The minimum atomic E-state index is -0.425. The number of amides is 1. The summed E-state index contributed by atoms with van der Waals surface area (Å²) in [5.74, 6) is -0.189. The van der Waals surface area contributed by atoms with Gasteiger partial charge in [0.25, 0.3) is 5.91 Å². The highest BCUT2D eigenvalue weighted by Crippen LogP contribution is 2.22. The molecule has 6 nitrogen and oxygen atoms in total. The summed E-state index contributed by atoms with van der Waals surface area (Å²) in [4.78, 5) is 24.0. The van der Waals surface area contributed by atoms with Crippen molar-refractivity contribution in [3.63, 3.8) is 0 Å². The summed E-state index contributed by atoms with van der Waals surface area (Å²) in [5, 5.41) is 3.97. The molecule has 0 atom stereocenters. The van der Waals surface area contributed by atoms with Gasteiger partial charge in [0, 0.05) is 18.7 Å². The number of hydrazone groups is 1. The van der Waals surface area contributed by atoms with Gasteiger partial charge in [-0.25, -0.2) is 19.8 Å². The SMILES string of the molecule is O=C(N/N=C/c1ccc(F)cc1)c1cc(-c2ccccc2)nc(N2CCCCC2)n1. The minimum Gasteiger partial charge on any atom is -0.341 e. The van der Waals surface area contributed by atoms with E-state index in [4.69, 9.17) is 4.98 Å². The van der Waals surface area contributed by atoms with Gasteiger partial charge in [0.15, 0.2) is 0 Å². The molecule has 0 radical (unpaired) electrons. The number of nitrogens with one attached hydrogen (secondary N) is 1. The maximum Gasteiger partial charge on any atom is 0.290 e. The molecule has 152 valence electrons. The van der Waals surface area contributed by atoms with Crippen LogP contribution in [0, 0.1) is 5.82 Å². The Morgan fingerprint density at radius 2 is 1.73 bits per heavy atom. The van der Waals surface area contributed by atoms with Crippen molar-refractivity contribution in [1.82, 2.24) is 15.4 Å². The molecule has 30 heavy (non-hydrogen) atoms. The van der Waals surface area contributed by atoms with Gasteiger partial charge in [-0.2, -0.15) is 5.10 Å². The first-order valence-electron chi connectivity index (χ1n) is 9.97. The summed E-state index contributed by atoms with van der Waals surface area (Å²) in [7, 11) is 0.